The second kappa shape index (κ2) is 6.31. The average Bonchev–Trinajstić information content (AvgIpc) is 2.90. The van der Waals surface area contributed by atoms with Gasteiger partial charge < -0.3 is 10.0 Å². The van der Waals surface area contributed by atoms with Crippen molar-refractivity contribution in [3.63, 3.8) is 0 Å². The maximum Gasteiger partial charge on any atom is 0.311 e. The summed E-state index contributed by atoms with van der Waals surface area (Å²) in [6, 6.07) is 6.13. The van der Waals surface area contributed by atoms with Gasteiger partial charge >= 0.3 is 5.97 Å². The largest absolute Gasteiger partial charge is 0.481 e. The van der Waals surface area contributed by atoms with E-state index in [2.05, 4.69) is 0 Å². The van der Waals surface area contributed by atoms with Gasteiger partial charge in [-0.2, -0.15) is 0 Å². The number of benzene rings is 1. The Morgan fingerprint density at radius 3 is 2.52 bits per heavy atom. The Bertz CT molecular complexity index is 728. The Labute approximate surface area is 136 Å². The van der Waals surface area contributed by atoms with Gasteiger partial charge in [0.25, 0.3) is 5.91 Å². The van der Waals surface area contributed by atoms with E-state index in [9.17, 15) is 23.1 Å². The van der Waals surface area contributed by atoms with Crippen molar-refractivity contribution in [3.8, 4) is 0 Å². The molecule has 1 aromatic carbocycles. The molecule has 7 heteroatoms. The first-order valence-electron chi connectivity index (χ1n) is 7.56. The molecule has 0 unspecified atom stereocenters. The van der Waals surface area contributed by atoms with Gasteiger partial charge in [-0.3, -0.25) is 9.59 Å². The maximum atomic E-state index is 12.7. The van der Waals surface area contributed by atoms with Crippen LogP contribution in [-0.4, -0.2) is 49.1 Å². The molecule has 0 saturated carbocycles. The van der Waals surface area contributed by atoms with Crippen molar-refractivity contribution in [2.75, 3.05) is 18.8 Å². The number of rotatable bonds is 5. The number of likely N-dealkylation sites (tertiary alicyclic amines) is 1. The zero-order valence-electron chi connectivity index (χ0n) is 13.3. The molecule has 2 rings (SSSR count). The standard InChI is InChI=1S/C16H21NO5S/c1-3-10-23(21,22)13-7-5-4-6-12(13)14(18)17-9-8-16(2,11-17)15(19)20/h4-7H,3,8-11H2,1-2H3,(H,19,20)/t16-/m0/s1. The molecule has 1 heterocycles. The van der Waals surface area contributed by atoms with E-state index in [1.807, 2.05) is 0 Å². The molecule has 0 spiro atoms. The average molecular weight is 339 g/mol. The summed E-state index contributed by atoms with van der Waals surface area (Å²) in [5.74, 6) is -1.39. The van der Waals surface area contributed by atoms with Crippen LogP contribution in [0.25, 0.3) is 0 Å². The Balaban J connectivity index is 2.34. The molecule has 0 aliphatic carbocycles. The number of carboxylic acids is 1. The lowest BCUT2D eigenvalue weighted by atomic mass is 9.90. The summed E-state index contributed by atoms with van der Waals surface area (Å²) in [6.45, 7) is 3.76. The minimum atomic E-state index is -3.52. The molecule has 1 aromatic rings. The highest BCUT2D eigenvalue weighted by atomic mass is 32.2. The van der Waals surface area contributed by atoms with Gasteiger partial charge in [-0.15, -0.1) is 0 Å². The third kappa shape index (κ3) is 3.39. The van der Waals surface area contributed by atoms with Crippen LogP contribution in [0.3, 0.4) is 0 Å². The lowest BCUT2D eigenvalue weighted by molar-refractivity contribution is -0.147. The first-order valence-corrected chi connectivity index (χ1v) is 9.21. The first-order chi connectivity index (χ1) is 10.7. The highest BCUT2D eigenvalue weighted by molar-refractivity contribution is 7.91. The highest BCUT2D eigenvalue weighted by Gasteiger charge is 2.42. The van der Waals surface area contributed by atoms with E-state index in [-0.39, 0.29) is 22.8 Å². The molecule has 6 nitrogen and oxygen atoms in total. The molecular formula is C16H21NO5S. The smallest absolute Gasteiger partial charge is 0.311 e. The number of sulfone groups is 1. The number of aliphatic carboxylic acids is 1. The quantitative estimate of drug-likeness (QED) is 0.883. The summed E-state index contributed by atoms with van der Waals surface area (Å²) < 4.78 is 24.7. The number of amides is 1. The molecule has 1 aliphatic heterocycles. The number of carboxylic acid groups (broad SMARTS) is 1. The molecule has 1 saturated heterocycles. The van der Waals surface area contributed by atoms with Crippen LogP contribution in [0.15, 0.2) is 29.2 Å². The van der Waals surface area contributed by atoms with Gasteiger partial charge in [0.15, 0.2) is 9.84 Å². The molecule has 0 aromatic heterocycles. The van der Waals surface area contributed by atoms with Crippen molar-refractivity contribution in [1.29, 1.82) is 0 Å². The van der Waals surface area contributed by atoms with E-state index in [0.29, 0.717) is 19.4 Å². The molecule has 1 atom stereocenters. The minimum absolute atomic E-state index is 0.0237. The van der Waals surface area contributed by atoms with Gasteiger partial charge in [0.2, 0.25) is 0 Å². The molecule has 1 aliphatic rings. The molecule has 23 heavy (non-hydrogen) atoms. The normalized spacial score (nSPS) is 21.4. The number of carbonyl (C=O) groups is 2. The summed E-state index contributed by atoms with van der Waals surface area (Å²) in [6.07, 6.45) is 0.823. The van der Waals surface area contributed by atoms with Gasteiger partial charge in [0.1, 0.15) is 0 Å². The second-order valence-electron chi connectivity index (χ2n) is 6.16. The van der Waals surface area contributed by atoms with E-state index in [1.165, 1.54) is 17.0 Å². The summed E-state index contributed by atoms with van der Waals surface area (Å²) >= 11 is 0. The second-order valence-corrected chi connectivity index (χ2v) is 8.24. The Hall–Kier alpha value is -1.89. The Kier molecular flexibility index (Phi) is 4.79. The van der Waals surface area contributed by atoms with Crippen molar-refractivity contribution in [2.24, 2.45) is 5.41 Å². The van der Waals surface area contributed by atoms with Crippen LogP contribution >= 0.6 is 0 Å². The van der Waals surface area contributed by atoms with Gasteiger partial charge in [-0.1, -0.05) is 19.1 Å². The predicted molar refractivity (Wildman–Crippen MR) is 85.0 cm³/mol. The number of hydrogen-bond donors (Lipinski definition) is 1. The third-order valence-electron chi connectivity index (χ3n) is 4.20. The number of nitrogens with zero attached hydrogens (tertiary/aromatic N) is 1. The van der Waals surface area contributed by atoms with Crippen LogP contribution in [0, 0.1) is 5.41 Å². The topological polar surface area (TPSA) is 91.8 Å². The lowest BCUT2D eigenvalue weighted by Gasteiger charge is -2.21. The molecule has 0 bridgehead atoms. The zero-order valence-corrected chi connectivity index (χ0v) is 14.1. The fraction of sp³-hybridized carbons (Fsp3) is 0.500. The van der Waals surface area contributed by atoms with Gasteiger partial charge in [-0.25, -0.2) is 8.42 Å². The fourth-order valence-corrected chi connectivity index (χ4v) is 4.31. The monoisotopic (exact) mass is 339 g/mol. The van der Waals surface area contributed by atoms with Crippen LogP contribution < -0.4 is 0 Å². The van der Waals surface area contributed by atoms with Crippen molar-refractivity contribution in [2.45, 2.75) is 31.6 Å². The van der Waals surface area contributed by atoms with Crippen LogP contribution in [0.4, 0.5) is 0 Å². The van der Waals surface area contributed by atoms with Crippen molar-refractivity contribution >= 4 is 21.7 Å². The van der Waals surface area contributed by atoms with Gasteiger partial charge in [0.05, 0.1) is 21.6 Å². The SMILES string of the molecule is CCCS(=O)(=O)c1ccccc1C(=O)N1CC[C@](C)(C(=O)O)C1. The molecule has 1 N–H and O–H groups in total. The molecular weight excluding hydrogens is 318 g/mol. The van der Waals surface area contributed by atoms with Crippen LogP contribution in [0.5, 0.6) is 0 Å². The minimum Gasteiger partial charge on any atom is -0.481 e. The first kappa shape index (κ1) is 17.5. The highest BCUT2D eigenvalue weighted by Crippen LogP contribution is 2.32. The van der Waals surface area contributed by atoms with E-state index in [0.717, 1.165) is 0 Å². The van der Waals surface area contributed by atoms with Crippen LogP contribution in [0.2, 0.25) is 0 Å². The van der Waals surface area contributed by atoms with Crippen molar-refractivity contribution in [1.82, 2.24) is 4.90 Å². The predicted octanol–water partition coefficient (Wildman–Crippen LogP) is 1.81. The molecule has 1 amide bonds. The van der Waals surface area contributed by atoms with Crippen LogP contribution in [0.1, 0.15) is 37.0 Å². The van der Waals surface area contributed by atoms with Gasteiger partial charge in [-0.05, 0) is 31.9 Å². The van der Waals surface area contributed by atoms with E-state index >= 15 is 0 Å². The summed E-state index contributed by atoms with van der Waals surface area (Å²) in [5, 5.41) is 9.26. The van der Waals surface area contributed by atoms with E-state index in [4.69, 9.17) is 0 Å². The number of hydrogen-bond acceptors (Lipinski definition) is 4. The molecule has 0 radical (unpaired) electrons. The zero-order chi connectivity index (χ0) is 17.3. The number of carbonyl (C=O) groups excluding carboxylic acids is 1. The fourth-order valence-electron chi connectivity index (χ4n) is 2.77. The summed E-state index contributed by atoms with van der Waals surface area (Å²) in [4.78, 5) is 25.5. The Morgan fingerprint density at radius 2 is 1.96 bits per heavy atom. The van der Waals surface area contributed by atoms with Crippen LogP contribution in [-0.2, 0) is 14.6 Å². The Morgan fingerprint density at radius 1 is 1.30 bits per heavy atom. The third-order valence-corrected chi connectivity index (χ3v) is 6.17. The summed E-state index contributed by atoms with van der Waals surface area (Å²) in [7, 11) is -3.52. The lowest BCUT2D eigenvalue weighted by Crippen LogP contribution is -2.35. The summed E-state index contributed by atoms with van der Waals surface area (Å²) in [5.41, 5.74) is -0.858. The van der Waals surface area contributed by atoms with Gasteiger partial charge in [0, 0.05) is 13.1 Å². The van der Waals surface area contributed by atoms with Crippen molar-refractivity contribution < 1.29 is 23.1 Å². The maximum absolute atomic E-state index is 12.7. The molecule has 126 valence electrons. The van der Waals surface area contributed by atoms with Crippen molar-refractivity contribution in [3.05, 3.63) is 29.8 Å². The molecule has 1 fully saturated rings. The van der Waals surface area contributed by atoms with E-state index in [1.54, 1.807) is 26.0 Å². The van der Waals surface area contributed by atoms with E-state index < -0.39 is 27.1 Å².